The Hall–Kier alpha value is -2.99. The third-order valence-corrected chi connectivity index (χ3v) is 3.36. The first kappa shape index (κ1) is 15.9. The Morgan fingerprint density at radius 3 is 2.33 bits per heavy atom. The fourth-order valence-corrected chi connectivity index (χ4v) is 2.10. The lowest BCUT2D eigenvalue weighted by Crippen LogP contribution is -2.13. The van der Waals surface area contributed by atoms with Crippen LogP contribution in [0.25, 0.3) is 0 Å². The number of carbonyl (C=O) groups is 1. The van der Waals surface area contributed by atoms with Crippen LogP contribution in [-0.2, 0) is 0 Å². The first-order valence-electron chi connectivity index (χ1n) is 7.03. The second-order valence-electron chi connectivity index (χ2n) is 4.90. The van der Waals surface area contributed by atoms with Gasteiger partial charge in [0.2, 0.25) is 0 Å². The molecule has 2 N–H and O–H groups in total. The quantitative estimate of drug-likeness (QED) is 0.743. The minimum Gasteiger partial charge on any atom is -0.339 e. The van der Waals surface area contributed by atoms with E-state index in [1.54, 1.807) is 48.5 Å². The molecule has 0 saturated carbocycles. The van der Waals surface area contributed by atoms with Gasteiger partial charge in [-0.15, -0.1) is 10.2 Å². The second-order valence-corrected chi connectivity index (χ2v) is 5.34. The van der Waals surface area contributed by atoms with E-state index >= 15 is 0 Å². The molecule has 0 unspecified atom stereocenters. The minimum atomic E-state index is -0.347. The van der Waals surface area contributed by atoms with Crippen molar-refractivity contribution in [1.82, 2.24) is 10.2 Å². The zero-order valence-corrected chi connectivity index (χ0v) is 13.1. The molecule has 2 aromatic carbocycles. The van der Waals surface area contributed by atoms with Gasteiger partial charge >= 0.3 is 0 Å². The highest BCUT2D eigenvalue weighted by molar-refractivity contribution is 6.30. The van der Waals surface area contributed by atoms with Crippen LogP contribution in [0, 0.1) is 5.82 Å². The van der Waals surface area contributed by atoms with Gasteiger partial charge in [0.1, 0.15) is 5.82 Å². The molecule has 0 atom stereocenters. The first-order valence-corrected chi connectivity index (χ1v) is 7.41. The Morgan fingerprint density at radius 2 is 1.67 bits per heavy atom. The van der Waals surface area contributed by atoms with E-state index in [1.807, 2.05) is 0 Å². The van der Waals surface area contributed by atoms with Gasteiger partial charge in [-0.05, 0) is 54.6 Å². The Morgan fingerprint density at radius 1 is 0.958 bits per heavy atom. The highest BCUT2D eigenvalue weighted by Gasteiger charge is 2.07. The van der Waals surface area contributed by atoms with Gasteiger partial charge in [-0.3, -0.25) is 4.79 Å². The van der Waals surface area contributed by atoms with Gasteiger partial charge in [-0.1, -0.05) is 17.7 Å². The van der Waals surface area contributed by atoms with Gasteiger partial charge in [0.25, 0.3) is 5.91 Å². The van der Waals surface area contributed by atoms with Gasteiger partial charge in [0.05, 0.1) is 0 Å². The van der Waals surface area contributed by atoms with Crippen molar-refractivity contribution in [2.24, 2.45) is 0 Å². The predicted molar refractivity (Wildman–Crippen MR) is 91.1 cm³/mol. The summed E-state index contributed by atoms with van der Waals surface area (Å²) in [5.41, 5.74) is 1.02. The average Bonchev–Trinajstić information content (AvgIpc) is 2.57. The maximum absolute atomic E-state index is 13.1. The van der Waals surface area contributed by atoms with Gasteiger partial charge in [0, 0.05) is 16.3 Å². The first-order chi connectivity index (χ1) is 11.6. The van der Waals surface area contributed by atoms with Crippen LogP contribution < -0.4 is 10.6 Å². The third kappa shape index (κ3) is 4.05. The van der Waals surface area contributed by atoms with Crippen LogP contribution in [-0.4, -0.2) is 16.1 Å². The van der Waals surface area contributed by atoms with Crippen LogP contribution in [0.15, 0.2) is 60.7 Å². The van der Waals surface area contributed by atoms with Crippen molar-refractivity contribution in [3.63, 3.8) is 0 Å². The van der Waals surface area contributed by atoms with Crippen LogP contribution in [0.1, 0.15) is 10.4 Å². The van der Waals surface area contributed by atoms with E-state index in [0.717, 1.165) is 0 Å². The number of hydrogen-bond acceptors (Lipinski definition) is 4. The summed E-state index contributed by atoms with van der Waals surface area (Å²) in [5.74, 6) is 0.0800. The molecule has 0 spiro atoms. The summed E-state index contributed by atoms with van der Waals surface area (Å²) < 4.78 is 13.1. The number of nitrogens with zero attached hydrogens (tertiary/aromatic N) is 2. The highest BCUT2D eigenvalue weighted by Crippen LogP contribution is 2.16. The number of rotatable bonds is 4. The van der Waals surface area contributed by atoms with Gasteiger partial charge in [0.15, 0.2) is 11.6 Å². The normalized spacial score (nSPS) is 10.2. The van der Waals surface area contributed by atoms with E-state index in [1.165, 1.54) is 12.1 Å². The van der Waals surface area contributed by atoms with Gasteiger partial charge in [-0.2, -0.15) is 0 Å². The molecule has 3 rings (SSSR count). The summed E-state index contributed by atoms with van der Waals surface area (Å²) in [5, 5.41) is 14.0. The molecule has 1 heterocycles. The second kappa shape index (κ2) is 7.06. The molecule has 0 fully saturated rings. The van der Waals surface area contributed by atoms with E-state index in [9.17, 15) is 9.18 Å². The molecule has 0 saturated heterocycles. The fourth-order valence-electron chi connectivity index (χ4n) is 1.97. The zero-order valence-electron chi connectivity index (χ0n) is 12.3. The van der Waals surface area contributed by atoms with E-state index in [-0.39, 0.29) is 11.7 Å². The lowest BCUT2D eigenvalue weighted by Gasteiger charge is -2.07. The van der Waals surface area contributed by atoms with Crippen molar-refractivity contribution in [3.05, 3.63) is 77.1 Å². The Bertz CT molecular complexity index is 853. The zero-order chi connectivity index (χ0) is 16.9. The average molecular weight is 343 g/mol. The largest absolute Gasteiger partial charge is 0.339 e. The SMILES string of the molecule is O=C(Nc1ccc(Nc2cccc(F)c2)nn1)c1ccc(Cl)cc1. The summed E-state index contributed by atoms with van der Waals surface area (Å²) >= 11 is 5.79. The smallest absolute Gasteiger partial charge is 0.256 e. The van der Waals surface area contributed by atoms with Crippen molar-refractivity contribution in [2.75, 3.05) is 10.6 Å². The number of anilines is 3. The number of hydrogen-bond donors (Lipinski definition) is 2. The van der Waals surface area contributed by atoms with Crippen LogP contribution >= 0.6 is 11.6 Å². The molecule has 3 aromatic rings. The standard InChI is InChI=1S/C17H12ClFN4O/c18-12-6-4-11(5-7-12)17(24)21-16-9-8-15(22-23-16)20-14-3-1-2-13(19)10-14/h1-10H,(H,20,22)(H,21,23,24). The third-order valence-electron chi connectivity index (χ3n) is 3.11. The lowest BCUT2D eigenvalue weighted by atomic mass is 10.2. The maximum atomic E-state index is 13.1. The number of aromatic nitrogens is 2. The number of benzene rings is 2. The number of carbonyl (C=O) groups excluding carboxylic acids is 1. The number of amides is 1. The summed E-state index contributed by atoms with van der Waals surface area (Å²) in [4.78, 5) is 12.1. The molecule has 0 radical (unpaired) electrons. The summed E-state index contributed by atoms with van der Waals surface area (Å²) in [7, 11) is 0. The molecule has 5 nitrogen and oxygen atoms in total. The minimum absolute atomic E-state index is 0.305. The van der Waals surface area contributed by atoms with Crippen LogP contribution in [0.5, 0.6) is 0 Å². The van der Waals surface area contributed by atoms with Crippen LogP contribution in [0.3, 0.4) is 0 Å². The number of nitrogens with one attached hydrogen (secondary N) is 2. The summed E-state index contributed by atoms with van der Waals surface area (Å²) in [6.45, 7) is 0. The maximum Gasteiger partial charge on any atom is 0.256 e. The molecule has 0 aliphatic heterocycles. The Kier molecular flexibility index (Phi) is 4.67. The van der Waals surface area contributed by atoms with Crippen molar-refractivity contribution < 1.29 is 9.18 Å². The Labute approximate surface area is 142 Å². The fraction of sp³-hybridized carbons (Fsp3) is 0. The van der Waals surface area contributed by atoms with Gasteiger partial charge in [-0.25, -0.2) is 4.39 Å². The van der Waals surface area contributed by atoms with Crippen molar-refractivity contribution in [2.45, 2.75) is 0 Å². The Balaban J connectivity index is 1.66. The molecular weight excluding hydrogens is 331 g/mol. The highest BCUT2D eigenvalue weighted by atomic mass is 35.5. The molecule has 7 heteroatoms. The lowest BCUT2D eigenvalue weighted by molar-refractivity contribution is 0.102. The van der Waals surface area contributed by atoms with Crippen molar-refractivity contribution in [1.29, 1.82) is 0 Å². The molecule has 0 aliphatic carbocycles. The van der Waals surface area contributed by atoms with Crippen molar-refractivity contribution >= 4 is 34.8 Å². The van der Waals surface area contributed by atoms with E-state index in [2.05, 4.69) is 20.8 Å². The molecule has 120 valence electrons. The summed E-state index contributed by atoms with van der Waals surface area (Å²) in [6.07, 6.45) is 0. The van der Waals surface area contributed by atoms with Crippen molar-refractivity contribution in [3.8, 4) is 0 Å². The topological polar surface area (TPSA) is 66.9 Å². The number of halogens is 2. The monoisotopic (exact) mass is 342 g/mol. The summed E-state index contributed by atoms with van der Waals surface area (Å²) in [6, 6.07) is 15.7. The molecular formula is C17H12ClFN4O. The predicted octanol–water partition coefficient (Wildman–Crippen LogP) is 4.27. The van der Waals surface area contributed by atoms with Crippen LogP contribution in [0.4, 0.5) is 21.7 Å². The molecule has 1 aromatic heterocycles. The van der Waals surface area contributed by atoms with E-state index in [0.29, 0.717) is 27.9 Å². The van der Waals surface area contributed by atoms with Crippen LogP contribution in [0.2, 0.25) is 5.02 Å². The molecule has 1 amide bonds. The molecule has 0 bridgehead atoms. The van der Waals surface area contributed by atoms with E-state index in [4.69, 9.17) is 11.6 Å². The van der Waals surface area contributed by atoms with E-state index < -0.39 is 0 Å². The molecule has 0 aliphatic rings. The molecule has 24 heavy (non-hydrogen) atoms. The van der Waals surface area contributed by atoms with Gasteiger partial charge < -0.3 is 10.6 Å².